The molecule has 106 valence electrons. The maximum atomic E-state index is 13.0. The second kappa shape index (κ2) is 6.53. The summed E-state index contributed by atoms with van der Waals surface area (Å²) < 4.78 is 18.4. The van der Waals surface area contributed by atoms with Crippen LogP contribution in [0.4, 0.5) is 10.1 Å². The Kier molecular flexibility index (Phi) is 4.52. The number of benzene rings is 2. The van der Waals surface area contributed by atoms with Crippen LogP contribution < -0.4 is 10.1 Å². The van der Waals surface area contributed by atoms with E-state index in [1.165, 1.54) is 18.2 Å². The van der Waals surface area contributed by atoms with Crippen molar-refractivity contribution in [1.82, 2.24) is 0 Å². The zero-order chi connectivity index (χ0) is 15.2. The lowest BCUT2D eigenvalue weighted by atomic mass is 10.1. The third-order valence-electron chi connectivity index (χ3n) is 2.78. The molecule has 0 saturated carbocycles. The Hall–Kier alpha value is -2.87. The summed E-state index contributed by atoms with van der Waals surface area (Å²) in [5.41, 5.74) is 1.65. The quantitative estimate of drug-likeness (QED) is 0.938. The highest BCUT2D eigenvalue weighted by Gasteiger charge is 2.07. The third kappa shape index (κ3) is 4.05. The number of halogens is 1. The average Bonchev–Trinajstić information content (AvgIpc) is 2.46. The standard InChI is InChI=1S/C16H13FN2O2/c1-11-5-6-12(9-18)7-15(11)21-10-16(20)19-14-4-2-3-13(17)8-14/h2-8H,10H2,1H3,(H,19,20). The van der Waals surface area contributed by atoms with Gasteiger partial charge in [0, 0.05) is 5.69 Å². The summed E-state index contributed by atoms with van der Waals surface area (Å²) in [6.45, 7) is 1.60. The van der Waals surface area contributed by atoms with Gasteiger partial charge in [-0.1, -0.05) is 12.1 Å². The lowest BCUT2D eigenvalue weighted by Crippen LogP contribution is -2.20. The minimum absolute atomic E-state index is 0.216. The number of nitrogens with zero attached hydrogens (tertiary/aromatic N) is 1. The molecule has 0 radical (unpaired) electrons. The van der Waals surface area contributed by atoms with Gasteiger partial charge < -0.3 is 10.1 Å². The minimum Gasteiger partial charge on any atom is -0.483 e. The van der Waals surface area contributed by atoms with E-state index in [0.717, 1.165) is 5.56 Å². The Morgan fingerprint density at radius 2 is 2.14 bits per heavy atom. The first-order chi connectivity index (χ1) is 10.1. The molecule has 2 aromatic carbocycles. The number of carbonyl (C=O) groups is 1. The lowest BCUT2D eigenvalue weighted by molar-refractivity contribution is -0.118. The van der Waals surface area contributed by atoms with Crippen molar-refractivity contribution in [3.8, 4) is 11.8 Å². The SMILES string of the molecule is Cc1ccc(C#N)cc1OCC(=O)Nc1cccc(F)c1. The van der Waals surface area contributed by atoms with Crippen molar-refractivity contribution in [3.05, 3.63) is 59.4 Å². The summed E-state index contributed by atoms with van der Waals surface area (Å²) in [6.07, 6.45) is 0. The molecule has 1 amide bonds. The molecule has 2 aromatic rings. The van der Waals surface area contributed by atoms with Crippen molar-refractivity contribution in [2.45, 2.75) is 6.92 Å². The number of hydrogen-bond acceptors (Lipinski definition) is 3. The van der Waals surface area contributed by atoms with Gasteiger partial charge in [-0.05, 0) is 42.8 Å². The third-order valence-corrected chi connectivity index (χ3v) is 2.78. The van der Waals surface area contributed by atoms with Crippen molar-refractivity contribution in [2.24, 2.45) is 0 Å². The molecule has 1 N–H and O–H groups in total. The number of hydrogen-bond donors (Lipinski definition) is 1. The fraction of sp³-hybridized carbons (Fsp3) is 0.125. The Bertz CT molecular complexity index is 708. The first kappa shape index (κ1) is 14.5. The van der Waals surface area contributed by atoms with Crippen LogP contribution in [0.15, 0.2) is 42.5 Å². The van der Waals surface area contributed by atoms with Gasteiger partial charge in [0.1, 0.15) is 11.6 Å². The van der Waals surface area contributed by atoms with Gasteiger partial charge in [-0.25, -0.2) is 4.39 Å². The van der Waals surface area contributed by atoms with Crippen molar-refractivity contribution >= 4 is 11.6 Å². The first-order valence-corrected chi connectivity index (χ1v) is 6.27. The van der Waals surface area contributed by atoms with E-state index >= 15 is 0 Å². The minimum atomic E-state index is -0.425. The molecular formula is C16H13FN2O2. The molecule has 2 rings (SSSR count). The molecule has 0 fully saturated rings. The monoisotopic (exact) mass is 284 g/mol. The smallest absolute Gasteiger partial charge is 0.262 e. The molecule has 0 saturated heterocycles. The van der Waals surface area contributed by atoms with E-state index in [2.05, 4.69) is 5.32 Å². The molecule has 0 bridgehead atoms. The molecular weight excluding hydrogens is 271 g/mol. The number of rotatable bonds is 4. The number of amides is 1. The molecule has 0 unspecified atom stereocenters. The van der Waals surface area contributed by atoms with Gasteiger partial charge in [0.25, 0.3) is 5.91 Å². The maximum Gasteiger partial charge on any atom is 0.262 e. The highest BCUT2D eigenvalue weighted by molar-refractivity contribution is 5.91. The molecule has 0 aliphatic heterocycles. The zero-order valence-electron chi connectivity index (χ0n) is 11.4. The van der Waals surface area contributed by atoms with Gasteiger partial charge in [0.15, 0.2) is 6.61 Å². The zero-order valence-corrected chi connectivity index (χ0v) is 11.4. The van der Waals surface area contributed by atoms with Gasteiger partial charge >= 0.3 is 0 Å². The van der Waals surface area contributed by atoms with E-state index in [1.807, 2.05) is 13.0 Å². The molecule has 0 heterocycles. The van der Waals surface area contributed by atoms with Crippen molar-refractivity contribution in [3.63, 3.8) is 0 Å². The van der Waals surface area contributed by atoms with Crippen molar-refractivity contribution < 1.29 is 13.9 Å². The van der Waals surface area contributed by atoms with Crippen LogP contribution in [0.1, 0.15) is 11.1 Å². The Morgan fingerprint density at radius 1 is 1.33 bits per heavy atom. The van der Waals surface area contributed by atoms with Gasteiger partial charge in [-0.2, -0.15) is 5.26 Å². The van der Waals surface area contributed by atoms with E-state index in [1.54, 1.807) is 24.3 Å². The summed E-state index contributed by atoms with van der Waals surface area (Å²) in [7, 11) is 0. The van der Waals surface area contributed by atoms with Crippen LogP contribution in [-0.4, -0.2) is 12.5 Å². The molecule has 0 aliphatic rings. The van der Waals surface area contributed by atoms with Crippen LogP contribution in [0.2, 0.25) is 0 Å². The Morgan fingerprint density at radius 3 is 2.86 bits per heavy atom. The fourth-order valence-corrected chi connectivity index (χ4v) is 1.73. The van der Waals surface area contributed by atoms with Gasteiger partial charge in [-0.3, -0.25) is 4.79 Å². The van der Waals surface area contributed by atoms with Crippen LogP contribution in [0.3, 0.4) is 0 Å². The van der Waals surface area contributed by atoms with Crippen molar-refractivity contribution in [2.75, 3.05) is 11.9 Å². The Balaban J connectivity index is 1.97. The predicted octanol–water partition coefficient (Wildman–Crippen LogP) is 3.02. The van der Waals surface area contributed by atoms with Gasteiger partial charge in [-0.15, -0.1) is 0 Å². The number of anilines is 1. The summed E-state index contributed by atoms with van der Waals surface area (Å²) in [5, 5.41) is 11.4. The van der Waals surface area contributed by atoms with Crippen LogP contribution in [0.5, 0.6) is 5.75 Å². The molecule has 0 aliphatic carbocycles. The van der Waals surface area contributed by atoms with Crippen LogP contribution in [0.25, 0.3) is 0 Å². The van der Waals surface area contributed by atoms with E-state index in [-0.39, 0.29) is 6.61 Å². The maximum absolute atomic E-state index is 13.0. The van der Waals surface area contributed by atoms with Crippen molar-refractivity contribution in [1.29, 1.82) is 5.26 Å². The molecule has 5 heteroatoms. The highest BCUT2D eigenvalue weighted by atomic mass is 19.1. The second-order valence-corrected chi connectivity index (χ2v) is 4.44. The fourth-order valence-electron chi connectivity index (χ4n) is 1.73. The number of nitriles is 1. The highest BCUT2D eigenvalue weighted by Crippen LogP contribution is 2.19. The molecule has 0 spiro atoms. The van der Waals surface area contributed by atoms with Crippen LogP contribution >= 0.6 is 0 Å². The first-order valence-electron chi connectivity index (χ1n) is 6.27. The van der Waals surface area contributed by atoms with Crippen LogP contribution in [-0.2, 0) is 4.79 Å². The average molecular weight is 284 g/mol. The van der Waals surface area contributed by atoms with Gasteiger partial charge in [0.05, 0.1) is 11.6 Å². The van der Waals surface area contributed by atoms with Crippen LogP contribution in [0, 0.1) is 24.1 Å². The number of aryl methyl sites for hydroxylation is 1. The number of carbonyl (C=O) groups excluding carboxylic acids is 1. The van der Waals surface area contributed by atoms with E-state index in [4.69, 9.17) is 10.00 Å². The molecule has 4 nitrogen and oxygen atoms in total. The van der Waals surface area contributed by atoms with E-state index in [0.29, 0.717) is 17.0 Å². The molecule has 21 heavy (non-hydrogen) atoms. The summed E-state index contributed by atoms with van der Waals surface area (Å²) >= 11 is 0. The molecule has 0 atom stereocenters. The van der Waals surface area contributed by atoms with Gasteiger partial charge in [0.2, 0.25) is 0 Å². The summed E-state index contributed by atoms with van der Waals surface area (Å²) in [5.74, 6) is -0.350. The largest absolute Gasteiger partial charge is 0.483 e. The lowest BCUT2D eigenvalue weighted by Gasteiger charge is -2.10. The second-order valence-electron chi connectivity index (χ2n) is 4.44. The van der Waals surface area contributed by atoms with E-state index in [9.17, 15) is 9.18 Å². The summed E-state index contributed by atoms with van der Waals surface area (Å²) in [4.78, 5) is 11.7. The number of ether oxygens (including phenoxy) is 1. The van der Waals surface area contributed by atoms with E-state index < -0.39 is 11.7 Å². The normalized spacial score (nSPS) is 9.76. The Labute approximate surface area is 121 Å². The topological polar surface area (TPSA) is 62.1 Å². The predicted molar refractivity (Wildman–Crippen MR) is 76.4 cm³/mol. The molecule has 0 aromatic heterocycles. The summed E-state index contributed by atoms with van der Waals surface area (Å²) in [6, 6.07) is 12.6. The number of nitrogens with one attached hydrogen (secondary N) is 1.